The number of fused-ring (bicyclic) bond motifs is 1. The van der Waals surface area contributed by atoms with E-state index in [1.165, 1.54) is 0 Å². The summed E-state index contributed by atoms with van der Waals surface area (Å²) in [6.07, 6.45) is 3.78. The minimum absolute atomic E-state index is 0.481. The molecule has 2 heterocycles. The number of rotatable bonds is 4. The van der Waals surface area contributed by atoms with E-state index in [9.17, 15) is 5.11 Å². The van der Waals surface area contributed by atoms with E-state index < -0.39 is 6.10 Å². The Labute approximate surface area is 114 Å². The predicted molar refractivity (Wildman–Crippen MR) is 74.7 cm³/mol. The van der Waals surface area contributed by atoms with Gasteiger partial charge in [0.1, 0.15) is 5.75 Å². The Morgan fingerprint density at radius 2 is 2.26 bits per heavy atom. The van der Waals surface area contributed by atoms with Crippen LogP contribution >= 0.6 is 11.3 Å². The standard InChI is InChI=1S/C14H14N2O2S/c1-18-13-5-3-2-4-11(13)12(17)8-10-9-16-6-7-19-14(16)15-10/h2-7,9,12,17H,8H2,1H3. The third-order valence-electron chi connectivity index (χ3n) is 3.04. The Hall–Kier alpha value is -1.85. The van der Waals surface area contributed by atoms with Gasteiger partial charge < -0.3 is 9.84 Å². The maximum absolute atomic E-state index is 10.3. The molecule has 1 unspecified atom stereocenters. The SMILES string of the molecule is COc1ccccc1C(O)Cc1cn2ccsc2n1. The van der Waals surface area contributed by atoms with Gasteiger partial charge in [-0.05, 0) is 6.07 Å². The number of hydrogen-bond acceptors (Lipinski definition) is 4. The molecule has 3 rings (SSSR count). The van der Waals surface area contributed by atoms with Gasteiger partial charge in [0.05, 0.1) is 18.9 Å². The average molecular weight is 274 g/mol. The lowest BCUT2D eigenvalue weighted by Gasteiger charge is -2.13. The van der Waals surface area contributed by atoms with Crippen molar-refractivity contribution in [2.75, 3.05) is 7.11 Å². The van der Waals surface area contributed by atoms with Gasteiger partial charge in [-0.1, -0.05) is 18.2 Å². The van der Waals surface area contributed by atoms with Crippen molar-refractivity contribution in [2.24, 2.45) is 0 Å². The summed E-state index contributed by atoms with van der Waals surface area (Å²) in [5.41, 5.74) is 1.67. The van der Waals surface area contributed by atoms with Gasteiger partial charge in [0.15, 0.2) is 4.96 Å². The quantitative estimate of drug-likeness (QED) is 0.795. The number of aliphatic hydroxyl groups excluding tert-OH is 1. The van der Waals surface area contributed by atoms with E-state index >= 15 is 0 Å². The van der Waals surface area contributed by atoms with Crippen LogP contribution in [0.4, 0.5) is 0 Å². The Morgan fingerprint density at radius 3 is 3.05 bits per heavy atom. The van der Waals surface area contributed by atoms with Crippen molar-refractivity contribution in [1.29, 1.82) is 0 Å². The minimum Gasteiger partial charge on any atom is -0.496 e. The lowest BCUT2D eigenvalue weighted by Crippen LogP contribution is -2.04. The average Bonchev–Trinajstić information content (AvgIpc) is 2.99. The number of ether oxygens (including phenoxy) is 1. The fraction of sp³-hybridized carbons (Fsp3) is 0.214. The lowest BCUT2D eigenvalue weighted by atomic mass is 10.0. The number of para-hydroxylation sites is 1. The minimum atomic E-state index is -0.610. The number of methoxy groups -OCH3 is 1. The molecule has 0 saturated heterocycles. The van der Waals surface area contributed by atoms with Gasteiger partial charge in [-0.3, -0.25) is 4.40 Å². The zero-order valence-corrected chi connectivity index (χ0v) is 11.3. The first-order chi connectivity index (χ1) is 9.28. The van der Waals surface area contributed by atoms with Crippen LogP contribution in [0.25, 0.3) is 4.96 Å². The van der Waals surface area contributed by atoms with E-state index in [0.717, 1.165) is 16.2 Å². The normalized spacial score (nSPS) is 12.7. The zero-order chi connectivity index (χ0) is 13.2. The zero-order valence-electron chi connectivity index (χ0n) is 10.5. The molecule has 0 saturated carbocycles. The molecule has 3 aromatic rings. The number of hydrogen-bond donors (Lipinski definition) is 1. The van der Waals surface area contributed by atoms with Crippen molar-refractivity contribution < 1.29 is 9.84 Å². The Balaban J connectivity index is 1.84. The highest BCUT2D eigenvalue weighted by Crippen LogP contribution is 2.27. The van der Waals surface area contributed by atoms with Gasteiger partial charge >= 0.3 is 0 Å². The molecule has 5 heteroatoms. The molecule has 1 atom stereocenters. The molecule has 0 fully saturated rings. The van der Waals surface area contributed by atoms with Gasteiger partial charge in [-0.15, -0.1) is 11.3 Å². The Bertz CT molecular complexity index is 661. The molecule has 1 aromatic carbocycles. The van der Waals surface area contributed by atoms with E-state index in [0.29, 0.717) is 12.2 Å². The second kappa shape index (κ2) is 5.03. The number of aromatic nitrogens is 2. The molecule has 0 aliphatic heterocycles. The second-order valence-electron chi connectivity index (χ2n) is 4.29. The predicted octanol–water partition coefficient (Wildman–Crippen LogP) is 2.68. The molecule has 0 aliphatic rings. The van der Waals surface area contributed by atoms with Crippen LogP contribution in [0.5, 0.6) is 5.75 Å². The molecule has 0 radical (unpaired) electrons. The van der Waals surface area contributed by atoms with Crippen molar-refractivity contribution in [3.05, 3.63) is 53.3 Å². The summed E-state index contributed by atoms with van der Waals surface area (Å²) in [6.45, 7) is 0. The summed E-state index contributed by atoms with van der Waals surface area (Å²) in [7, 11) is 1.61. The molecule has 1 N–H and O–H groups in total. The first-order valence-corrected chi connectivity index (χ1v) is 6.88. The van der Waals surface area contributed by atoms with E-state index in [4.69, 9.17) is 4.74 Å². The largest absolute Gasteiger partial charge is 0.496 e. The number of imidazole rings is 1. The van der Waals surface area contributed by atoms with Gasteiger partial charge in [0.25, 0.3) is 0 Å². The highest BCUT2D eigenvalue weighted by molar-refractivity contribution is 7.15. The van der Waals surface area contributed by atoms with Crippen LogP contribution in [-0.2, 0) is 6.42 Å². The van der Waals surface area contributed by atoms with Crippen LogP contribution in [0.15, 0.2) is 42.0 Å². The fourth-order valence-corrected chi connectivity index (χ4v) is 2.84. The molecule has 2 aromatic heterocycles. The third kappa shape index (κ3) is 2.34. The molecule has 4 nitrogen and oxygen atoms in total. The van der Waals surface area contributed by atoms with Gasteiger partial charge in [-0.25, -0.2) is 4.98 Å². The van der Waals surface area contributed by atoms with Crippen molar-refractivity contribution in [3.63, 3.8) is 0 Å². The van der Waals surface area contributed by atoms with Crippen LogP contribution < -0.4 is 4.74 Å². The Kier molecular flexibility index (Phi) is 3.23. The van der Waals surface area contributed by atoms with Crippen LogP contribution in [0.3, 0.4) is 0 Å². The van der Waals surface area contributed by atoms with Gasteiger partial charge in [0.2, 0.25) is 0 Å². The summed E-state index contributed by atoms with van der Waals surface area (Å²) in [5, 5.41) is 12.3. The van der Waals surface area contributed by atoms with E-state index in [-0.39, 0.29) is 0 Å². The van der Waals surface area contributed by atoms with Gasteiger partial charge in [0, 0.05) is 29.8 Å². The number of nitrogens with zero attached hydrogens (tertiary/aromatic N) is 2. The molecule has 98 valence electrons. The van der Waals surface area contributed by atoms with Crippen molar-refractivity contribution in [1.82, 2.24) is 9.38 Å². The molecule has 0 bridgehead atoms. The topological polar surface area (TPSA) is 46.8 Å². The van der Waals surface area contributed by atoms with Crippen molar-refractivity contribution in [2.45, 2.75) is 12.5 Å². The first kappa shape index (κ1) is 12.2. The third-order valence-corrected chi connectivity index (χ3v) is 3.81. The van der Waals surface area contributed by atoms with Crippen LogP contribution in [0.1, 0.15) is 17.4 Å². The molecule has 0 spiro atoms. The summed E-state index contributed by atoms with van der Waals surface area (Å²) in [5.74, 6) is 0.705. The summed E-state index contributed by atoms with van der Waals surface area (Å²) < 4.78 is 7.23. The first-order valence-electron chi connectivity index (χ1n) is 6.00. The number of thiazole rings is 1. The lowest BCUT2D eigenvalue weighted by molar-refractivity contribution is 0.173. The second-order valence-corrected chi connectivity index (χ2v) is 5.16. The fourth-order valence-electron chi connectivity index (χ4n) is 2.12. The molecule has 0 aliphatic carbocycles. The maximum atomic E-state index is 10.3. The summed E-state index contributed by atoms with van der Waals surface area (Å²) >= 11 is 1.58. The number of aliphatic hydroxyl groups is 1. The highest BCUT2D eigenvalue weighted by atomic mass is 32.1. The van der Waals surface area contributed by atoms with E-state index in [1.54, 1.807) is 18.4 Å². The van der Waals surface area contributed by atoms with Crippen LogP contribution in [-0.4, -0.2) is 21.6 Å². The maximum Gasteiger partial charge on any atom is 0.193 e. The van der Waals surface area contributed by atoms with Crippen LogP contribution in [0.2, 0.25) is 0 Å². The molecule has 19 heavy (non-hydrogen) atoms. The van der Waals surface area contributed by atoms with Gasteiger partial charge in [-0.2, -0.15) is 0 Å². The van der Waals surface area contributed by atoms with E-state index in [2.05, 4.69) is 4.98 Å². The smallest absolute Gasteiger partial charge is 0.193 e. The van der Waals surface area contributed by atoms with E-state index in [1.807, 2.05) is 46.4 Å². The molecule has 0 amide bonds. The van der Waals surface area contributed by atoms with Crippen molar-refractivity contribution >= 4 is 16.3 Å². The molecular formula is C14H14N2O2S. The summed E-state index contributed by atoms with van der Waals surface area (Å²) in [6, 6.07) is 7.51. The highest BCUT2D eigenvalue weighted by Gasteiger charge is 2.15. The Morgan fingerprint density at radius 1 is 1.42 bits per heavy atom. The van der Waals surface area contributed by atoms with Crippen molar-refractivity contribution in [3.8, 4) is 5.75 Å². The molecular weight excluding hydrogens is 260 g/mol. The monoisotopic (exact) mass is 274 g/mol. The number of benzene rings is 1. The summed E-state index contributed by atoms with van der Waals surface area (Å²) in [4.78, 5) is 5.42. The van der Waals surface area contributed by atoms with Crippen LogP contribution in [0, 0.1) is 0 Å².